The summed E-state index contributed by atoms with van der Waals surface area (Å²) >= 11 is 1.63. The van der Waals surface area contributed by atoms with Gasteiger partial charge in [-0.15, -0.1) is 11.3 Å². The predicted molar refractivity (Wildman–Crippen MR) is 84.3 cm³/mol. The number of nitrogen functional groups attached to an aromatic ring is 1. The number of fused-ring (bicyclic) bond motifs is 1. The summed E-state index contributed by atoms with van der Waals surface area (Å²) in [6, 6.07) is 7.05. The molecule has 2 heterocycles. The lowest BCUT2D eigenvalue weighted by molar-refractivity contribution is 0.473. The first-order valence-corrected chi connectivity index (χ1v) is 7.34. The van der Waals surface area contributed by atoms with Crippen LogP contribution >= 0.6 is 11.3 Å². The molecule has 0 spiro atoms. The number of nitrogens with two attached hydrogens (primary N) is 2. The molecule has 0 aliphatic carbocycles. The second-order valence-electron chi connectivity index (χ2n) is 4.83. The summed E-state index contributed by atoms with van der Waals surface area (Å²) in [5.74, 6) is 0.182. The maximum Gasteiger partial charge on any atom is 0.124 e. The topological polar surface area (TPSA) is 84.3 Å². The van der Waals surface area contributed by atoms with Crippen LogP contribution in [0.3, 0.4) is 0 Å². The van der Waals surface area contributed by atoms with Crippen LogP contribution in [0.2, 0.25) is 0 Å². The minimum absolute atomic E-state index is 0.182. The van der Waals surface area contributed by atoms with Gasteiger partial charge in [-0.05, 0) is 30.2 Å². The summed E-state index contributed by atoms with van der Waals surface area (Å²) < 4.78 is 0. The Labute approximate surface area is 121 Å². The van der Waals surface area contributed by atoms with E-state index in [1.165, 1.54) is 10.4 Å². The molecule has 4 nitrogen and oxygen atoms in total. The number of phenolic OH excluding ortho intramolecular Hbond substituents is 1. The molecule has 2 aromatic rings. The Morgan fingerprint density at radius 1 is 1.35 bits per heavy atom. The Hall–Kier alpha value is -1.98. The number of aromatic hydroxyl groups is 1. The van der Waals surface area contributed by atoms with E-state index in [2.05, 4.69) is 5.32 Å². The summed E-state index contributed by atoms with van der Waals surface area (Å²) in [6.07, 6.45) is 2.88. The average Bonchev–Trinajstić information content (AvgIpc) is 2.76. The Balaban J connectivity index is 2.04. The van der Waals surface area contributed by atoms with Gasteiger partial charge in [0, 0.05) is 34.8 Å². The molecule has 0 fully saturated rings. The lowest BCUT2D eigenvalue weighted by Gasteiger charge is -2.13. The molecule has 0 unspecified atom stereocenters. The largest absolute Gasteiger partial charge is 0.507 e. The van der Waals surface area contributed by atoms with Crippen molar-refractivity contribution in [2.75, 3.05) is 12.3 Å². The summed E-state index contributed by atoms with van der Waals surface area (Å²) in [6.45, 7) is 1.81. The predicted octanol–water partition coefficient (Wildman–Crippen LogP) is 2.14. The normalized spacial score (nSPS) is 15.1. The second-order valence-corrected chi connectivity index (χ2v) is 5.96. The van der Waals surface area contributed by atoms with E-state index in [9.17, 15) is 5.11 Å². The fourth-order valence-corrected chi connectivity index (χ4v) is 3.54. The highest BCUT2D eigenvalue weighted by molar-refractivity contribution is 7.16. The molecule has 0 radical (unpaired) electrons. The molecule has 5 heteroatoms. The van der Waals surface area contributed by atoms with Crippen molar-refractivity contribution < 1.29 is 5.11 Å². The van der Waals surface area contributed by atoms with Crippen LogP contribution in [-0.2, 0) is 13.0 Å². The fraction of sp³-hybridized carbons (Fsp3) is 0.200. The van der Waals surface area contributed by atoms with Gasteiger partial charge < -0.3 is 21.9 Å². The van der Waals surface area contributed by atoms with Crippen molar-refractivity contribution >= 4 is 28.1 Å². The van der Waals surface area contributed by atoms with Crippen LogP contribution in [0.1, 0.15) is 21.6 Å². The Bertz CT molecular complexity index is 676. The van der Waals surface area contributed by atoms with E-state index in [0.717, 1.165) is 30.1 Å². The zero-order chi connectivity index (χ0) is 14.1. The SMILES string of the molecule is N/C(=C\c1c(N)sc2c1CNCC2)c1ccccc1O. The standard InChI is InChI=1S/C15H17N3OS/c16-12(9-3-1-2-4-13(9)19)7-10-11-8-18-6-5-14(11)20-15(10)17/h1-4,7,18-19H,5-6,8,16-17H2/b12-7-. The third-order valence-corrected chi connectivity index (χ3v) is 4.64. The average molecular weight is 287 g/mol. The Kier molecular flexibility index (Phi) is 3.38. The molecule has 6 N–H and O–H groups in total. The number of benzene rings is 1. The van der Waals surface area contributed by atoms with Crippen molar-refractivity contribution in [3.63, 3.8) is 0 Å². The van der Waals surface area contributed by atoms with Gasteiger partial charge in [-0.3, -0.25) is 0 Å². The molecule has 104 valence electrons. The van der Waals surface area contributed by atoms with E-state index < -0.39 is 0 Å². The molecule has 0 saturated carbocycles. The van der Waals surface area contributed by atoms with Crippen LogP contribution in [0.15, 0.2) is 24.3 Å². The molecule has 0 amide bonds. The lowest BCUT2D eigenvalue weighted by Crippen LogP contribution is -2.22. The van der Waals surface area contributed by atoms with Gasteiger partial charge in [0.2, 0.25) is 0 Å². The molecule has 0 saturated heterocycles. The van der Waals surface area contributed by atoms with E-state index in [4.69, 9.17) is 11.5 Å². The molecule has 1 aromatic heterocycles. The molecule has 0 bridgehead atoms. The van der Waals surface area contributed by atoms with Gasteiger partial charge >= 0.3 is 0 Å². The summed E-state index contributed by atoms with van der Waals surface area (Å²) in [4.78, 5) is 1.33. The minimum atomic E-state index is 0.182. The third kappa shape index (κ3) is 2.26. The quantitative estimate of drug-likeness (QED) is 0.682. The van der Waals surface area contributed by atoms with Crippen molar-refractivity contribution in [1.29, 1.82) is 0 Å². The molecule has 0 atom stereocenters. The molecular formula is C15H17N3OS. The molecule has 20 heavy (non-hydrogen) atoms. The van der Waals surface area contributed by atoms with Crippen LogP contribution in [0.25, 0.3) is 11.8 Å². The molecule has 1 aromatic carbocycles. The van der Waals surface area contributed by atoms with Gasteiger partial charge in [-0.2, -0.15) is 0 Å². The highest BCUT2D eigenvalue weighted by Crippen LogP contribution is 2.35. The fourth-order valence-electron chi connectivity index (χ4n) is 2.47. The third-order valence-electron chi connectivity index (χ3n) is 3.51. The van der Waals surface area contributed by atoms with Crippen molar-refractivity contribution in [1.82, 2.24) is 5.32 Å². The van der Waals surface area contributed by atoms with Crippen molar-refractivity contribution in [2.24, 2.45) is 5.73 Å². The second kappa shape index (κ2) is 5.19. The van der Waals surface area contributed by atoms with Crippen molar-refractivity contribution in [2.45, 2.75) is 13.0 Å². The monoisotopic (exact) mass is 287 g/mol. The van der Waals surface area contributed by atoms with Crippen LogP contribution in [0.4, 0.5) is 5.00 Å². The highest BCUT2D eigenvalue weighted by Gasteiger charge is 2.18. The summed E-state index contributed by atoms with van der Waals surface area (Å²) in [5, 5.41) is 14.0. The van der Waals surface area contributed by atoms with Gasteiger partial charge in [0.05, 0.1) is 5.00 Å². The smallest absolute Gasteiger partial charge is 0.124 e. The maximum atomic E-state index is 9.86. The van der Waals surface area contributed by atoms with E-state index in [1.54, 1.807) is 29.5 Å². The van der Waals surface area contributed by atoms with Crippen molar-refractivity contribution in [3.05, 3.63) is 45.8 Å². The summed E-state index contributed by atoms with van der Waals surface area (Å²) in [5.41, 5.74) is 15.6. The Morgan fingerprint density at radius 2 is 2.15 bits per heavy atom. The van der Waals surface area contributed by atoms with E-state index in [1.807, 2.05) is 12.1 Å². The van der Waals surface area contributed by atoms with E-state index in [0.29, 0.717) is 11.3 Å². The van der Waals surface area contributed by atoms with Crippen LogP contribution in [0, 0.1) is 0 Å². The van der Waals surface area contributed by atoms with Crippen molar-refractivity contribution in [3.8, 4) is 5.75 Å². The van der Waals surface area contributed by atoms with Gasteiger partial charge in [0.25, 0.3) is 0 Å². The number of anilines is 1. The maximum absolute atomic E-state index is 9.86. The number of para-hydroxylation sites is 1. The number of hydrogen-bond donors (Lipinski definition) is 4. The summed E-state index contributed by atoms with van der Waals surface area (Å²) in [7, 11) is 0. The molecule has 1 aliphatic rings. The highest BCUT2D eigenvalue weighted by atomic mass is 32.1. The minimum Gasteiger partial charge on any atom is -0.507 e. The van der Waals surface area contributed by atoms with Gasteiger partial charge in [-0.25, -0.2) is 0 Å². The van der Waals surface area contributed by atoms with Crippen LogP contribution in [0.5, 0.6) is 5.75 Å². The number of hydrogen-bond acceptors (Lipinski definition) is 5. The lowest BCUT2D eigenvalue weighted by atomic mass is 10.0. The zero-order valence-electron chi connectivity index (χ0n) is 11.0. The van der Waals surface area contributed by atoms with E-state index in [-0.39, 0.29) is 5.75 Å². The number of thiophene rings is 1. The molecule has 1 aliphatic heterocycles. The first-order valence-electron chi connectivity index (χ1n) is 6.53. The number of nitrogens with one attached hydrogen (secondary N) is 1. The van der Waals surface area contributed by atoms with Gasteiger partial charge in [0.15, 0.2) is 0 Å². The van der Waals surface area contributed by atoms with Crippen LogP contribution < -0.4 is 16.8 Å². The van der Waals surface area contributed by atoms with Gasteiger partial charge in [0.1, 0.15) is 5.75 Å². The number of phenols is 1. The number of rotatable bonds is 2. The first-order chi connectivity index (χ1) is 9.66. The zero-order valence-corrected chi connectivity index (χ0v) is 11.8. The molecular weight excluding hydrogens is 270 g/mol. The molecule has 3 rings (SSSR count). The Morgan fingerprint density at radius 3 is 2.95 bits per heavy atom. The first kappa shape index (κ1) is 13.0. The van der Waals surface area contributed by atoms with E-state index >= 15 is 0 Å². The van der Waals surface area contributed by atoms with Crippen LogP contribution in [-0.4, -0.2) is 11.7 Å². The van der Waals surface area contributed by atoms with Gasteiger partial charge in [-0.1, -0.05) is 12.1 Å².